The predicted octanol–water partition coefficient (Wildman–Crippen LogP) is 3.78. The predicted molar refractivity (Wildman–Crippen MR) is 69.0 cm³/mol. The molecule has 1 rings (SSSR count). The molecule has 1 aromatic rings. The van der Waals surface area contributed by atoms with Crippen LogP contribution in [0.25, 0.3) is 0 Å². The van der Waals surface area contributed by atoms with Crippen LogP contribution in [0.5, 0.6) is 0 Å². The van der Waals surface area contributed by atoms with Gasteiger partial charge in [0, 0.05) is 18.5 Å². The number of Topliss-reactive ketones (excluding diaryl/α,β-unsaturated/α-hetero) is 1. The van der Waals surface area contributed by atoms with Gasteiger partial charge in [0.15, 0.2) is 5.78 Å². The second-order valence-electron chi connectivity index (χ2n) is 3.70. The summed E-state index contributed by atoms with van der Waals surface area (Å²) in [6.45, 7) is 0.676. The van der Waals surface area contributed by atoms with Crippen LogP contribution in [0.15, 0.2) is 12.1 Å². The summed E-state index contributed by atoms with van der Waals surface area (Å²) >= 11 is 17.6. The Morgan fingerprint density at radius 2 is 1.81 bits per heavy atom. The van der Waals surface area contributed by atoms with Crippen molar-refractivity contribution in [3.8, 4) is 0 Å². The summed E-state index contributed by atoms with van der Waals surface area (Å²) in [5, 5.41) is 0.827. The van der Waals surface area contributed by atoms with E-state index in [1.54, 1.807) is 12.1 Å². The molecule has 0 atom stereocenters. The maximum absolute atomic E-state index is 11.8. The lowest BCUT2D eigenvalue weighted by Crippen LogP contribution is -2.16. The SMILES string of the molecule is CN(C)CCC(=O)c1ccc(Cl)c(Cl)c1Cl. The number of carbonyl (C=O) groups is 1. The molecule has 88 valence electrons. The van der Waals surface area contributed by atoms with E-state index in [0.29, 0.717) is 23.6 Å². The number of carbonyl (C=O) groups excluding carboxylic acids is 1. The van der Waals surface area contributed by atoms with Crippen molar-refractivity contribution in [3.63, 3.8) is 0 Å². The minimum absolute atomic E-state index is 0.0303. The summed E-state index contributed by atoms with van der Waals surface area (Å²) in [6.07, 6.45) is 0.407. The average molecular weight is 281 g/mol. The summed E-state index contributed by atoms with van der Waals surface area (Å²) in [7, 11) is 3.81. The first kappa shape index (κ1) is 13.8. The van der Waals surface area contributed by atoms with E-state index in [4.69, 9.17) is 34.8 Å². The molecule has 0 amide bonds. The van der Waals surface area contributed by atoms with Crippen LogP contribution in [0, 0.1) is 0 Å². The normalized spacial score (nSPS) is 10.9. The summed E-state index contributed by atoms with van der Waals surface area (Å²) in [5.74, 6) is -0.0303. The number of hydrogen-bond acceptors (Lipinski definition) is 2. The molecule has 0 saturated carbocycles. The Morgan fingerprint density at radius 1 is 1.19 bits per heavy atom. The zero-order chi connectivity index (χ0) is 12.3. The lowest BCUT2D eigenvalue weighted by Gasteiger charge is -2.10. The number of benzene rings is 1. The molecule has 0 aromatic heterocycles. The van der Waals surface area contributed by atoms with E-state index in [2.05, 4.69) is 0 Å². The highest BCUT2D eigenvalue weighted by Crippen LogP contribution is 2.33. The van der Waals surface area contributed by atoms with E-state index in [1.165, 1.54) is 0 Å². The van der Waals surface area contributed by atoms with Crippen molar-refractivity contribution in [1.29, 1.82) is 0 Å². The fraction of sp³-hybridized carbons (Fsp3) is 0.364. The molecule has 0 aliphatic carbocycles. The van der Waals surface area contributed by atoms with Crippen LogP contribution in [-0.2, 0) is 0 Å². The van der Waals surface area contributed by atoms with Gasteiger partial charge < -0.3 is 4.90 Å². The Bertz CT molecular complexity index is 404. The van der Waals surface area contributed by atoms with Gasteiger partial charge in [-0.2, -0.15) is 0 Å². The van der Waals surface area contributed by atoms with Crippen LogP contribution in [0.2, 0.25) is 15.1 Å². The highest BCUT2D eigenvalue weighted by Gasteiger charge is 2.14. The van der Waals surface area contributed by atoms with E-state index in [-0.39, 0.29) is 15.8 Å². The largest absolute Gasteiger partial charge is 0.309 e. The number of hydrogen-bond donors (Lipinski definition) is 0. The topological polar surface area (TPSA) is 20.3 Å². The summed E-state index contributed by atoms with van der Waals surface area (Å²) in [5.41, 5.74) is 0.429. The van der Waals surface area contributed by atoms with Gasteiger partial charge in [0.25, 0.3) is 0 Å². The van der Waals surface area contributed by atoms with E-state index in [0.717, 1.165) is 0 Å². The van der Waals surface area contributed by atoms with Crippen LogP contribution in [0.3, 0.4) is 0 Å². The third-order valence-electron chi connectivity index (χ3n) is 2.12. The molecule has 0 spiro atoms. The zero-order valence-corrected chi connectivity index (χ0v) is 11.3. The molecule has 16 heavy (non-hydrogen) atoms. The van der Waals surface area contributed by atoms with Crippen molar-refractivity contribution in [2.45, 2.75) is 6.42 Å². The summed E-state index contributed by atoms with van der Waals surface area (Å²) < 4.78 is 0. The molecule has 5 heteroatoms. The average Bonchev–Trinajstić information content (AvgIpc) is 2.23. The standard InChI is InChI=1S/C11H12Cl3NO/c1-15(2)6-5-9(16)7-3-4-8(12)11(14)10(7)13/h3-4H,5-6H2,1-2H3. The van der Waals surface area contributed by atoms with Crippen LogP contribution in [-0.4, -0.2) is 31.3 Å². The maximum Gasteiger partial charge on any atom is 0.165 e. The quantitative estimate of drug-likeness (QED) is 0.618. The van der Waals surface area contributed by atoms with E-state index in [9.17, 15) is 4.79 Å². The third kappa shape index (κ3) is 3.36. The van der Waals surface area contributed by atoms with Crippen LogP contribution < -0.4 is 0 Å². The van der Waals surface area contributed by atoms with Crippen molar-refractivity contribution >= 4 is 40.6 Å². The van der Waals surface area contributed by atoms with Gasteiger partial charge in [0.2, 0.25) is 0 Å². The van der Waals surface area contributed by atoms with Gasteiger partial charge in [-0.3, -0.25) is 4.79 Å². The second-order valence-corrected chi connectivity index (χ2v) is 4.86. The van der Waals surface area contributed by atoms with Gasteiger partial charge in [0.05, 0.1) is 15.1 Å². The molecule has 1 aromatic carbocycles. The first-order valence-electron chi connectivity index (χ1n) is 4.75. The van der Waals surface area contributed by atoms with Gasteiger partial charge in [-0.1, -0.05) is 34.8 Å². The molecule has 0 unspecified atom stereocenters. The smallest absolute Gasteiger partial charge is 0.165 e. The molecule has 0 radical (unpaired) electrons. The maximum atomic E-state index is 11.8. The zero-order valence-electron chi connectivity index (χ0n) is 9.06. The highest BCUT2D eigenvalue weighted by atomic mass is 35.5. The molecule has 0 aliphatic heterocycles. The number of rotatable bonds is 4. The van der Waals surface area contributed by atoms with Gasteiger partial charge in [-0.15, -0.1) is 0 Å². The summed E-state index contributed by atoms with van der Waals surface area (Å²) in [6, 6.07) is 3.19. The van der Waals surface area contributed by atoms with Gasteiger partial charge in [-0.25, -0.2) is 0 Å². The van der Waals surface area contributed by atoms with E-state index >= 15 is 0 Å². The molecular weight excluding hydrogens is 268 g/mol. The second kappa shape index (κ2) is 5.87. The van der Waals surface area contributed by atoms with Crippen LogP contribution in [0.1, 0.15) is 16.8 Å². The van der Waals surface area contributed by atoms with Crippen molar-refractivity contribution < 1.29 is 4.79 Å². The first-order chi connectivity index (χ1) is 7.43. The van der Waals surface area contributed by atoms with Crippen LogP contribution >= 0.6 is 34.8 Å². The van der Waals surface area contributed by atoms with Crippen molar-refractivity contribution in [2.75, 3.05) is 20.6 Å². The third-order valence-corrected chi connectivity index (χ3v) is 3.42. The summed E-state index contributed by atoms with van der Waals surface area (Å²) in [4.78, 5) is 13.8. The lowest BCUT2D eigenvalue weighted by atomic mass is 10.1. The molecular formula is C11H12Cl3NO. The Morgan fingerprint density at radius 3 is 2.38 bits per heavy atom. The van der Waals surface area contributed by atoms with E-state index < -0.39 is 0 Å². The van der Waals surface area contributed by atoms with Crippen molar-refractivity contribution in [1.82, 2.24) is 4.90 Å². The Kier molecular flexibility index (Phi) is 5.06. The molecule has 2 nitrogen and oxygen atoms in total. The fourth-order valence-electron chi connectivity index (χ4n) is 1.20. The molecule has 0 fully saturated rings. The Labute approximate surface area is 110 Å². The minimum atomic E-state index is -0.0303. The minimum Gasteiger partial charge on any atom is -0.309 e. The Balaban J connectivity index is 2.88. The van der Waals surface area contributed by atoms with Gasteiger partial charge in [0.1, 0.15) is 0 Å². The number of halogens is 3. The van der Waals surface area contributed by atoms with Crippen molar-refractivity contribution in [2.24, 2.45) is 0 Å². The molecule has 0 saturated heterocycles. The lowest BCUT2D eigenvalue weighted by molar-refractivity contribution is 0.0972. The molecule has 0 aliphatic rings. The highest BCUT2D eigenvalue weighted by molar-refractivity contribution is 6.49. The first-order valence-corrected chi connectivity index (χ1v) is 5.88. The van der Waals surface area contributed by atoms with Gasteiger partial charge >= 0.3 is 0 Å². The van der Waals surface area contributed by atoms with Crippen LogP contribution in [0.4, 0.5) is 0 Å². The monoisotopic (exact) mass is 279 g/mol. The van der Waals surface area contributed by atoms with Crippen molar-refractivity contribution in [3.05, 3.63) is 32.8 Å². The number of ketones is 1. The Hall–Kier alpha value is -0.280. The van der Waals surface area contributed by atoms with E-state index in [1.807, 2.05) is 19.0 Å². The molecule has 0 heterocycles. The number of nitrogens with zero attached hydrogens (tertiary/aromatic N) is 1. The fourth-order valence-corrected chi connectivity index (χ4v) is 1.84. The molecule has 0 bridgehead atoms. The molecule has 0 N–H and O–H groups in total. The van der Waals surface area contributed by atoms with Gasteiger partial charge in [-0.05, 0) is 26.2 Å².